The quantitative estimate of drug-likeness (QED) is 0.188. The molecule has 0 fully saturated rings. The SMILES string of the molecule is C[C@H](Sc1ccc(NC(=O)/C(=C\c2cccs2)NC(=O)c2ccccc2)cc1)C(=O)Nc1nccs1. The molecule has 3 amide bonds. The van der Waals surface area contributed by atoms with Crippen LogP contribution in [0.3, 0.4) is 0 Å². The number of carbonyl (C=O) groups is 3. The van der Waals surface area contributed by atoms with Gasteiger partial charge < -0.3 is 16.0 Å². The van der Waals surface area contributed by atoms with E-state index >= 15 is 0 Å². The van der Waals surface area contributed by atoms with Crippen LogP contribution in [0.5, 0.6) is 0 Å². The van der Waals surface area contributed by atoms with Gasteiger partial charge in [-0.3, -0.25) is 14.4 Å². The van der Waals surface area contributed by atoms with E-state index < -0.39 is 5.91 Å². The van der Waals surface area contributed by atoms with Gasteiger partial charge in [0.05, 0.1) is 5.25 Å². The van der Waals surface area contributed by atoms with Gasteiger partial charge in [0.1, 0.15) is 5.70 Å². The Morgan fingerprint density at radius 3 is 2.36 bits per heavy atom. The van der Waals surface area contributed by atoms with Crippen LogP contribution >= 0.6 is 34.4 Å². The van der Waals surface area contributed by atoms with E-state index in [0.29, 0.717) is 16.4 Å². The molecule has 2 aromatic carbocycles. The van der Waals surface area contributed by atoms with Crippen LogP contribution in [0.15, 0.2) is 94.3 Å². The van der Waals surface area contributed by atoms with Crippen molar-refractivity contribution in [3.8, 4) is 0 Å². The molecule has 4 aromatic rings. The number of carbonyl (C=O) groups excluding carboxylic acids is 3. The van der Waals surface area contributed by atoms with Crippen molar-refractivity contribution >= 4 is 69.1 Å². The minimum Gasteiger partial charge on any atom is -0.321 e. The number of nitrogens with one attached hydrogen (secondary N) is 3. The van der Waals surface area contributed by atoms with Gasteiger partial charge in [-0.2, -0.15) is 0 Å². The molecule has 2 heterocycles. The summed E-state index contributed by atoms with van der Waals surface area (Å²) >= 11 is 4.23. The second-order valence-electron chi connectivity index (χ2n) is 7.46. The highest BCUT2D eigenvalue weighted by atomic mass is 32.2. The molecule has 0 bridgehead atoms. The Morgan fingerprint density at radius 1 is 0.917 bits per heavy atom. The fourth-order valence-corrected chi connectivity index (χ4v) is 5.08. The summed E-state index contributed by atoms with van der Waals surface area (Å²) < 4.78 is 0. The van der Waals surface area contributed by atoms with Crippen molar-refractivity contribution in [3.05, 3.63) is 99.8 Å². The minimum atomic E-state index is -0.440. The average Bonchev–Trinajstić information content (AvgIpc) is 3.60. The van der Waals surface area contributed by atoms with E-state index in [2.05, 4.69) is 20.9 Å². The molecule has 0 saturated carbocycles. The second kappa shape index (κ2) is 12.3. The molecule has 0 aliphatic rings. The molecule has 0 saturated heterocycles. The fraction of sp³-hybridized carbons (Fsp3) is 0.0769. The molecule has 0 aliphatic carbocycles. The Hall–Kier alpha value is -3.73. The Bertz CT molecular complexity index is 1340. The van der Waals surface area contributed by atoms with E-state index in [0.717, 1.165) is 9.77 Å². The summed E-state index contributed by atoms with van der Waals surface area (Å²) in [6.07, 6.45) is 3.28. The number of nitrogens with zero attached hydrogens (tertiary/aromatic N) is 1. The fourth-order valence-electron chi connectivity index (χ4n) is 3.02. The molecule has 7 nitrogen and oxygen atoms in total. The molecule has 0 spiro atoms. The van der Waals surface area contributed by atoms with Crippen LogP contribution < -0.4 is 16.0 Å². The molecule has 182 valence electrons. The maximum Gasteiger partial charge on any atom is 0.272 e. The molecule has 36 heavy (non-hydrogen) atoms. The number of thiazole rings is 1. The molecule has 1 atom stereocenters. The first-order valence-corrected chi connectivity index (χ1v) is 13.5. The van der Waals surface area contributed by atoms with E-state index in [1.807, 2.05) is 42.6 Å². The number of benzene rings is 2. The molecule has 10 heteroatoms. The van der Waals surface area contributed by atoms with Crippen LogP contribution in [0.4, 0.5) is 10.8 Å². The van der Waals surface area contributed by atoms with Gasteiger partial charge in [-0.25, -0.2) is 4.98 Å². The third-order valence-corrected chi connectivity index (χ3v) is 7.44. The highest BCUT2D eigenvalue weighted by molar-refractivity contribution is 8.00. The summed E-state index contributed by atoms with van der Waals surface area (Å²) in [4.78, 5) is 43.9. The standard InChI is InChI=1S/C26H22N4O3S3/c1-17(23(31)30-26-27-13-15-35-26)36-20-11-9-19(10-12-20)28-25(33)22(16-21-8-5-14-34-21)29-24(32)18-6-3-2-4-7-18/h2-17H,1H3,(H,28,33)(H,29,32)(H,27,30,31)/b22-16+/t17-/m0/s1. The van der Waals surface area contributed by atoms with Gasteiger partial charge in [-0.1, -0.05) is 24.3 Å². The lowest BCUT2D eigenvalue weighted by Crippen LogP contribution is -2.30. The van der Waals surface area contributed by atoms with E-state index in [1.165, 1.54) is 34.4 Å². The van der Waals surface area contributed by atoms with Gasteiger partial charge in [-0.05, 0) is 60.8 Å². The predicted molar refractivity (Wildman–Crippen MR) is 147 cm³/mol. The normalized spacial score (nSPS) is 12.0. The first-order chi connectivity index (χ1) is 17.5. The Kier molecular flexibility index (Phi) is 8.66. The van der Waals surface area contributed by atoms with Gasteiger partial charge in [0.25, 0.3) is 11.8 Å². The number of hydrogen-bond donors (Lipinski definition) is 3. The number of rotatable bonds is 9. The van der Waals surface area contributed by atoms with Crippen molar-refractivity contribution in [1.82, 2.24) is 10.3 Å². The first-order valence-electron chi connectivity index (χ1n) is 10.9. The number of aromatic nitrogens is 1. The summed E-state index contributed by atoms with van der Waals surface area (Å²) in [7, 11) is 0. The highest BCUT2D eigenvalue weighted by Crippen LogP contribution is 2.26. The summed E-state index contributed by atoms with van der Waals surface area (Å²) in [6, 6.07) is 19.6. The maximum absolute atomic E-state index is 13.1. The number of amides is 3. The molecule has 0 unspecified atom stereocenters. The van der Waals surface area contributed by atoms with Gasteiger partial charge in [-0.15, -0.1) is 34.4 Å². The third-order valence-electron chi connectivity index (χ3n) is 4.82. The predicted octanol–water partition coefficient (Wildman–Crippen LogP) is 5.73. The molecule has 0 aliphatic heterocycles. The first kappa shape index (κ1) is 25.4. The maximum atomic E-state index is 13.1. The van der Waals surface area contributed by atoms with Crippen molar-refractivity contribution in [2.24, 2.45) is 0 Å². The van der Waals surface area contributed by atoms with E-state index in [4.69, 9.17) is 0 Å². The second-order valence-corrected chi connectivity index (χ2v) is 10.7. The zero-order chi connectivity index (χ0) is 25.3. The zero-order valence-corrected chi connectivity index (χ0v) is 21.6. The molecule has 2 aromatic heterocycles. The summed E-state index contributed by atoms with van der Waals surface area (Å²) in [5.74, 6) is -0.945. The third kappa shape index (κ3) is 7.14. The van der Waals surface area contributed by atoms with Crippen molar-refractivity contribution in [2.45, 2.75) is 17.1 Å². The lowest BCUT2D eigenvalue weighted by Gasteiger charge is -2.13. The van der Waals surface area contributed by atoms with Crippen LogP contribution in [0.1, 0.15) is 22.2 Å². The van der Waals surface area contributed by atoms with Gasteiger partial charge in [0.2, 0.25) is 5.91 Å². The lowest BCUT2D eigenvalue weighted by molar-refractivity contribution is -0.115. The van der Waals surface area contributed by atoms with Crippen LogP contribution in [0.25, 0.3) is 6.08 Å². The molecule has 4 rings (SSSR count). The summed E-state index contributed by atoms with van der Waals surface area (Å²) in [5, 5.41) is 12.3. The molecular formula is C26H22N4O3S3. The Balaban J connectivity index is 1.40. The van der Waals surface area contributed by atoms with Crippen molar-refractivity contribution in [1.29, 1.82) is 0 Å². The molecular weight excluding hydrogens is 513 g/mol. The van der Waals surface area contributed by atoms with Crippen molar-refractivity contribution in [3.63, 3.8) is 0 Å². The summed E-state index contributed by atoms with van der Waals surface area (Å²) in [6.45, 7) is 1.82. The Labute approximate surface area is 220 Å². The highest BCUT2D eigenvalue weighted by Gasteiger charge is 2.17. The monoisotopic (exact) mass is 534 g/mol. The number of thiophene rings is 1. The Morgan fingerprint density at radius 2 is 1.69 bits per heavy atom. The minimum absolute atomic E-state index is 0.134. The van der Waals surface area contributed by atoms with Gasteiger partial charge in [0.15, 0.2) is 5.13 Å². The van der Waals surface area contributed by atoms with E-state index in [-0.39, 0.29) is 22.8 Å². The lowest BCUT2D eigenvalue weighted by atomic mass is 10.2. The largest absolute Gasteiger partial charge is 0.321 e. The van der Waals surface area contributed by atoms with Gasteiger partial charge >= 0.3 is 0 Å². The number of thioether (sulfide) groups is 1. The molecule has 0 radical (unpaired) electrons. The average molecular weight is 535 g/mol. The molecule has 3 N–H and O–H groups in total. The van der Waals surface area contributed by atoms with Crippen molar-refractivity contribution < 1.29 is 14.4 Å². The van der Waals surface area contributed by atoms with Crippen molar-refractivity contribution in [2.75, 3.05) is 10.6 Å². The number of anilines is 2. The zero-order valence-electron chi connectivity index (χ0n) is 19.1. The van der Waals surface area contributed by atoms with Crippen LogP contribution in [0, 0.1) is 0 Å². The van der Waals surface area contributed by atoms with E-state index in [1.54, 1.807) is 54.1 Å². The van der Waals surface area contributed by atoms with Crippen LogP contribution in [0.2, 0.25) is 0 Å². The van der Waals surface area contributed by atoms with Crippen LogP contribution in [-0.4, -0.2) is 28.0 Å². The smallest absolute Gasteiger partial charge is 0.272 e. The van der Waals surface area contributed by atoms with Gasteiger partial charge in [0, 0.05) is 32.6 Å². The van der Waals surface area contributed by atoms with Crippen LogP contribution in [-0.2, 0) is 9.59 Å². The topological polar surface area (TPSA) is 100 Å². The van der Waals surface area contributed by atoms with E-state index in [9.17, 15) is 14.4 Å². The summed E-state index contributed by atoms with van der Waals surface area (Å²) in [5.41, 5.74) is 1.16. The number of hydrogen-bond acceptors (Lipinski definition) is 7.